The summed E-state index contributed by atoms with van der Waals surface area (Å²) in [5.74, 6) is 0.160. The maximum absolute atomic E-state index is 11.7. The van der Waals surface area contributed by atoms with Crippen LogP contribution in [0.2, 0.25) is 0 Å². The highest BCUT2D eigenvalue weighted by Gasteiger charge is 2.28. The number of aryl methyl sites for hydroxylation is 1. The number of anilines is 1. The molecule has 0 bridgehead atoms. The van der Waals surface area contributed by atoms with Crippen molar-refractivity contribution < 1.29 is 9.90 Å². The molecule has 1 amide bonds. The van der Waals surface area contributed by atoms with Gasteiger partial charge in [0.2, 0.25) is 5.91 Å². The van der Waals surface area contributed by atoms with E-state index in [0.717, 1.165) is 16.1 Å². The van der Waals surface area contributed by atoms with E-state index < -0.39 is 0 Å². The van der Waals surface area contributed by atoms with Crippen LogP contribution in [0.3, 0.4) is 0 Å². The van der Waals surface area contributed by atoms with E-state index in [-0.39, 0.29) is 17.6 Å². The third kappa shape index (κ3) is 1.76. The van der Waals surface area contributed by atoms with Gasteiger partial charge in [0.05, 0.1) is 0 Å². The SMILES string of the molecule is Cc1cc2c(cc1O)NC(=O)CC2c1nccs1. The standard InChI is InChI=1S/C13H12N2O2S/c1-7-4-8-9(13-14-2-3-18-13)5-12(17)15-10(8)6-11(7)16/h2-4,6,9,16H,5H2,1H3,(H,15,17). The van der Waals surface area contributed by atoms with E-state index in [1.807, 2.05) is 18.4 Å². The number of thiazole rings is 1. The summed E-state index contributed by atoms with van der Waals surface area (Å²) in [7, 11) is 0. The lowest BCUT2D eigenvalue weighted by atomic mass is 9.89. The van der Waals surface area contributed by atoms with Gasteiger partial charge in [-0.05, 0) is 24.1 Å². The van der Waals surface area contributed by atoms with Crippen LogP contribution in [0.5, 0.6) is 5.75 Å². The Hall–Kier alpha value is -1.88. The van der Waals surface area contributed by atoms with Crippen molar-refractivity contribution in [1.29, 1.82) is 0 Å². The molecule has 2 aromatic rings. The molecular weight excluding hydrogens is 248 g/mol. The van der Waals surface area contributed by atoms with Gasteiger partial charge in [0, 0.05) is 35.7 Å². The number of hydrogen-bond acceptors (Lipinski definition) is 4. The van der Waals surface area contributed by atoms with Crippen molar-refractivity contribution in [2.24, 2.45) is 0 Å². The zero-order valence-corrected chi connectivity index (χ0v) is 10.6. The smallest absolute Gasteiger partial charge is 0.225 e. The van der Waals surface area contributed by atoms with Crippen LogP contribution >= 0.6 is 11.3 Å². The van der Waals surface area contributed by atoms with Crippen molar-refractivity contribution in [3.63, 3.8) is 0 Å². The summed E-state index contributed by atoms with van der Waals surface area (Å²) in [5, 5.41) is 15.4. The minimum atomic E-state index is -0.0362. The molecule has 18 heavy (non-hydrogen) atoms. The zero-order chi connectivity index (χ0) is 12.7. The first-order valence-corrected chi connectivity index (χ1v) is 6.56. The third-order valence-corrected chi connectivity index (χ3v) is 4.05. The molecule has 5 heteroatoms. The van der Waals surface area contributed by atoms with E-state index in [9.17, 15) is 9.90 Å². The molecule has 1 aromatic heterocycles. The molecule has 1 atom stereocenters. The normalized spacial score (nSPS) is 18.3. The highest BCUT2D eigenvalue weighted by Crippen LogP contribution is 2.40. The van der Waals surface area contributed by atoms with Crippen molar-refractivity contribution in [3.05, 3.63) is 39.8 Å². The Morgan fingerprint density at radius 1 is 1.50 bits per heavy atom. The minimum absolute atomic E-state index is 0.00644. The molecule has 0 aliphatic carbocycles. The zero-order valence-electron chi connectivity index (χ0n) is 9.80. The number of benzene rings is 1. The van der Waals surface area contributed by atoms with Gasteiger partial charge in [-0.3, -0.25) is 4.79 Å². The molecule has 1 aliphatic rings. The number of rotatable bonds is 1. The minimum Gasteiger partial charge on any atom is -0.508 e. The fourth-order valence-electron chi connectivity index (χ4n) is 2.24. The quantitative estimate of drug-likeness (QED) is 0.828. The fourth-order valence-corrected chi connectivity index (χ4v) is 3.00. The average molecular weight is 260 g/mol. The summed E-state index contributed by atoms with van der Waals surface area (Å²) < 4.78 is 0. The Kier molecular flexibility index (Phi) is 2.56. The number of fused-ring (bicyclic) bond motifs is 1. The summed E-state index contributed by atoms with van der Waals surface area (Å²) >= 11 is 1.55. The molecule has 1 unspecified atom stereocenters. The number of aromatic nitrogens is 1. The molecular formula is C13H12N2O2S. The van der Waals surface area contributed by atoms with Gasteiger partial charge >= 0.3 is 0 Å². The van der Waals surface area contributed by atoms with Gasteiger partial charge in [0.25, 0.3) is 0 Å². The summed E-state index contributed by atoms with van der Waals surface area (Å²) in [6.07, 6.45) is 2.16. The number of nitrogens with one attached hydrogen (secondary N) is 1. The number of phenols is 1. The van der Waals surface area contributed by atoms with Crippen molar-refractivity contribution in [1.82, 2.24) is 4.98 Å². The Balaban J connectivity index is 2.15. The van der Waals surface area contributed by atoms with Crippen LogP contribution in [-0.2, 0) is 4.79 Å². The number of nitrogens with zero attached hydrogens (tertiary/aromatic N) is 1. The van der Waals surface area contributed by atoms with Crippen LogP contribution in [0.15, 0.2) is 23.7 Å². The Morgan fingerprint density at radius 3 is 3.06 bits per heavy atom. The molecule has 2 heterocycles. The molecule has 1 aliphatic heterocycles. The van der Waals surface area contributed by atoms with Gasteiger partial charge in [0.15, 0.2) is 0 Å². The molecule has 0 spiro atoms. The molecule has 0 saturated heterocycles. The van der Waals surface area contributed by atoms with Crippen LogP contribution in [0, 0.1) is 6.92 Å². The van der Waals surface area contributed by atoms with Crippen molar-refractivity contribution >= 4 is 22.9 Å². The largest absolute Gasteiger partial charge is 0.508 e. The molecule has 2 N–H and O–H groups in total. The number of phenolic OH excluding ortho intramolecular Hbond substituents is 1. The van der Waals surface area contributed by atoms with Crippen LogP contribution in [0.4, 0.5) is 5.69 Å². The second kappa shape index (κ2) is 4.10. The highest BCUT2D eigenvalue weighted by atomic mass is 32.1. The number of carbonyl (C=O) groups excluding carboxylic acids is 1. The molecule has 4 nitrogen and oxygen atoms in total. The summed E-state index contributed by atoms with van der Waals surface area (Å²) in [6, 6.07) is 3.54. The highest BCUT2D eigenvalue weighted by molar-refractivity contribution is 7.09. The van der Waals surface area contributed by atoms with Crippen LogP contribution < -0.4 is 5.32 Å². The molecule has 0 saturated carbocycles. The summed E-state index contributed by atoms with van der Waals surface area (Å²) in [4.78, 5) is 16.0. The molecule has 92 valence electrons. The van der Waals surface area contributed by atoms with E-state index in [4.69, 9.17) is 0 Å². The molecule has 1 aromatic carbocycles. The van der Waals surface area contributed by atoms with E-state index in [1.165, 1.54) is 0 Å². The first-order valence-electron chi connectivity index (χ1n) is 5.68. The maximum Gasteiger partial charge on any atom is 0.225 e. The fraction of sp³-hybridized carbons (Fsp3) is 0.231. The van der Waals surface area contributed by atoms with Gasteiger partial charge in [-0.2, -0.15) is 0 Å². The van der Waals surface area contributed by atoms with E-state index in [0.29, 0.717) is 12.1 Å². The topological polar surface area (TPSA) is 62.2 Å². The number of hydrogen-bond donors (Lipinski definition) is 2. The van der Waals surface area contributed by atoms with Gasteiger partial charge in [-0.25, -0.2) is 4.98 Å². The monoisotopic (exact) mass is 260 g/mol. The van der Waals surface area contributed by atoms with Gasteiger partial charge < -0.3 is 10.4 Å². The van der Waals surface area contributed by atoms with Gasteiger partial charge in [0.1, 0.15) is 10.8 Å². The first kappa shape index (κ1) is 11.2. The van der Waals surface area contributed by atoms with Crippen molar-refractivity contribution in [2.75, 3.05) is 5.32 Å². The molecule has 3 rings (SSSR count). The van der Waals surface area contributed by atoms with Gasteiger partial charge in [-0.15, -0.1) is 11.3 Å². The molecule has 0 fully saturated rings. The maximum atomic E-state index is 11.7. The summed E-state index contributed by atoms with van der Waals surface area (Å²) in [5.41, 5.74) is 2.53. The van der Waals surface area contributed by atoms with Crippen LogP contribution in [0.25, 0.3) is 0 Å². The molecule has 0 radical (unpaired) electrons. The predicted octanol–water partition coefficient (Wildman–Crippen LogP) is 2.63. The second-order valence-electron chi connectivity index (χ2n) is 4.40. The van der Waals surface area contributed by atoms with E-state index >= 15 is 0 Å². The van der Waals surface area contributed by atoms with Crippen LogP contribution in [0.1, 0.15) is 28.5 Å². The van der Waals surface area contributed by atoms with E-state index in [2.05, 4.69) is 10.3 Å². The number of carbonyl (C=O) groups is 1. The van der Waals surface area contributed by atoms with Crippen molar-refractivity contribution in [2.45, 2.75) is 19.3 Å². The van der Waals surface area contributed by atoms with E-state index in [1.54, 1.807) is 23.6 Å². The Bertz CT molecular complexity index is 608. The first-order chi connectivity index (χ1) is 8.65. The lowest BCUT2D eigenvalue weighted by molar-refractivity contribution is -0.116. The average Bonchev–Trinajstić information content (AvgIpc) is 2.84. The number of amides is 1. The second-order valence-corrected chi connectivity index (χ2v) is 5.33. The number of aromatic hydroxyl groups is 1. The van der Waals surface area contributed by atoms with Crippen LogP contribution in [-0.4, -0.2) is 16.0 Å². The predicted molar refractivity (Wildman–Crippen MR) is 70.0 cm³/mol. The Morgan fingerprint density at radius 2 is 2.33 bits per heavy atom. The lowest BCUT2D eigenvalue weighted by Crippen LogP contribution is -2.23. The van der Waals surface area contributed by atoms with Crippen molar-refractivity contribution in [3.8, 4) is 5.75 Å². The Labute approximate surface area is 108 Å². The third-order valence-electron chi connectivity index (χ3n) is 3.16. The van der Waals surface area contributed by atoms with Gasteiger partial charge in [-0.1, -0.05) is 0 Å². The summed E-state index contributed by atoms with van der Waals surface area (Å²) in [6.45, 7) is 1.85. The lowest BCUT2D eigenvalue weighted by Gasteiger charge is -2.25.